The average Bonchev–Trinajstić information content (AvgIpc) is 3.47. The monoisotopic (exact) mass is 755 g/mol. The van der Waals surface area contributed by atoms with Crippen LogP contribution in [-0.4, -0.2) is 102 Å². The van der Waals surface area contributed by atoms with Gasteiger partial charge >= 0.3 is 0 Å². The summed E-state index contributed by atoms with van der Waals surface area (Å²) in [5.41, 5.74) is 3.11. The van der Waals surface area contributed by atoms with Crippen LogP contribution in [0.4, 0.5) is 5.69 Å². The number of aromatic nitrogens is 1. The zero-order chi connectivity index (χ0) is 38.8. The van der Waals surface area contributed by atoms with E-state index in [1.54, 1.807) is 36.5 Å². The highest BCUT2D eigenvalue weighted by Crippen LogP contribution is 2.32. The average molecular weight is 756 g/mol. The van der Waals surface area contributed by atoms with Crippen molar-refractivity contribution < 1.29 is 33.4 Å². The molecule has 1 atom stereocenters. The van der Waals surface area contributed by atoms with E-state index in [-0.39, 0.29) is 42.0 Å². The molecule has 56 heavy (non-hydrogen) atoms. The summed E-state index contributed by atoms with van der Waals surface area (Å²) in [5, 5.41) is 15.6. The Morgan fingerprint density at radius 1 is 0.893 bits per heavy atom. The summed E-state index contributed by atoms with van der Waals surface area (Å²) in [6.45, 7) is 4.22. The molecule has 1 aromatic heterocycles. The number of pyridine rings is 1. The molecule has 3 aliphatic heterocycles. The van der Waals surface area contributed by atoms with E-state index >= 15 is 0 Å². The minimum atomic E-state index is -0.988. The molecule has 1 unspecified atom stereocenters. The molecule has 0 radical (unpaired) electrons. The van der Waals surface area contributed by atoms with Crippen molar-refractivity contribution in [3.8, 4) is 17.6 Å². The molecule has 1 aliphatic carbocycles. The van der Waals surface area contributed by atoms with Gasteiger partial charge in [-0.25, -0.2) is 0 Å². The van der Waals surface area contributed by atoms with Gasteiger partial charge in [0.2, 0.25) is 11.8 Å². The van der Waals surface area contributed by atoms with Gasteiger partial charge in [0, 0.05) is 68.0 Å². The molecule has 14 heteroatoms. The minimum absolute atomic E-state index is 0.0196. The Morgan fingerprint density at radius 2 is 1.66 bits per heavy atom. The molecule has 8 rings (SSSR count). The molecular formula is C42H41N7O7. The summed E-state index contributed by atoms with van der Waals surface area (Å²) in [6, 6.07) is 21.0. The Kier molecular flexibility index (Phi) is 10.3. The van der Waals surface area contributed by atoms with Crippen molar-refractivity contribution in [2.45, 2.75) is 56.7 Å². The number of fused-ring (bicyclic) bond motifs is 2. The van der Waals surface area contributed by atoms with Gasteiger partial charge in [0.15, 0.2) is 0 Å². The second-order valence-corrected chi connectivity index (χ2v) is 14.6. The number of piperidine rings is 1. The SMILES string of the molecule is N#Cc1ccc(OC2CCC(NC(=O)c3ccc(OCCN4CCN(c5ccc6c(c5)C(=O)N(C5CCC(=O)NC5=O)C6=O)CC4)cc3)CC2)c2cccnc12. The number of nitrogens with zero attached hydrogens (tertiary/aromatic N) is 5. The first kappa shape index (κ1) is 36.6. The third kappa shape index (κ3) is 7.50. The predicted octanol–water partition coefficient (Wildman–Crippen LogP) is 3.83. The third-order valence-corrected chi connectivity index (χ3v) is 11.1. The minimum Gasteiger partial charge on any atom is -0.492 e. The lowest BCUT2D eigenvalue weighted by molar-refractivity contribution is -0.136. The van der Waals surface area contributed by atoms with E-state index in [9.17, 15) is 29.2 Å². The number of imide groups is 2. The first-order chi connectivity index (χ1) is 27.2. The number of hydrogen-bond donors (Lipinski definition) is 2. The number of rotatable bonds is 10. The van der Waals surface area contributed by atoms with Crippen LogP contribution in [0.15, 0.2) is 72.9 Å². The molecule has 0 bridgehead atoms. The second-order valence-electron chi connectivity index (χ2n) is 14.6. The van der Waals surface area contributed by atoms with Gasteiger partial charge in [0.05, 0.1) is 28.3 Å². The number of nitrogens with one attached hydrogen (secondary N) is 2. The molecule has 4 aromatic rings. The smallest absolute Gasteiger partial charge is 0.262 e. The van der Waals surface area contributed by atoms with Crippen LogP contribution in [0.5, 0.6) is 11.5 Å². The molecule has 2 N–H and O–H groups in total. The lowest BCUT2D eigenvalue weighted by Crippen LogP contribution is -2.54. The number of nitriles is 1. The summed E-state index contributed by atoms with van der Waals surface area (Å²) in [5.74, 6) is -0.755. The van der Waals surface area contributed by atoms with Crippen molar-refractivity contribution in [2.75, 3.05) is 44.2 Å². The van der Waals surface area contributed by atoms with Crippen LogP contribution >= 0.6 is 0 Å². The van der Waals surface area contributed by atoms with Crippen molar-refractivity contribution in [2.24, 2.45) is 0 Å². The van der Waals surface area contributed by atoms with Gasteiger partial charge in [-0.1, -0.05) is 0 Å². The molecule has 3 fully saturated rings. The van der Waals surface area contributed by atoms with E-state index in [2.05, 4.69) is 31.5 Å². The van der Waals surface area contributed by atoms with Crippen molar-refractivity contribution in [1.82, 2.24) is 25.4 Å². The van der Waals surface area contributed by atoms with Crippen LogP contribution in [0.2, 0.25) is 0 Å². The van der Waals surface area contributed by atoms with Crippen molar-refractivity contribution in [3.05, 3.63) is 95.2 Å². The predicted molar refractivity (Wildman–Crippen MR) is 204 cm³/mol. The van der Waals surface area contributed by atoms with Crippen LogP contribution in [0.25, 0.3) is 10.9 Å². The second kappa shape index (κ2) is 15.8. The fourth-order valence-electron chi connectivity index (χ4n) is 7.99. The fourth-order valence-corrected chi connectivity index (χ4v) is 7.99. The molecule has 2 saturated heterocycles. The maximum absolute atomic E-state index is 13.3. The van der Waals surface area contributed by atoms with Crippen LogP contribution in [-0.2, 0) is 9.59 Å². The zero-order valence-electron chi connectivity index (χ0n) is 30.7. The number of ether oxygens (including phenoxy) is 2. The molecule has 14 nitrogen and oxygen atoms in total. The van der Waals surface area contributed by atoms with Gasteiger partial charge in [0.1, 0.15) is 30.2 Å². The number of carbonyl (C=O) groups excluding carboxylic acids is 5. The van der Waals surface area contributed by atoms with Gasteiger partial charge in [-0.15, -0.1) is 0 Å². The first-order valence-corrected chi connectivity index (χ1v) is 19.1. The molecule has 5 amide bonds. The maximum Gasteiger partial charge on any atom is 0.262 e. The molecule has 286 valence electrons. The maximum atomic E-state index is 13.3. The Morgan fingerprint density at radius 3 is 2.41 bits per heavy atom. The normalized spacial score (nSPS) is 21.4. The highest BCUT2D eigenvalue weighted by atomic mass is 16.5. The van der Waals surface area contributed by atoms with Gasteiger partial charge in [-0.05, 0) is 98.8 Å². The fraction of sp³-hybridized carbons (Fsp3) is 0.357. The van der Waals surface area contributed by atoms with E-state index in [4.69, 9.17) is 9.47 Å². The Balaban J connectivity index is 0.756. The first-order valence-electron chi connectivity index (χ1n) is 19.1. The van der Waals surface area contributed by atoms with E-state index in [0.29, 0.717) is 29.0 Å². The van der Waals surface area contributed by atoms with Gasteiger partial charge < -0.3 is 19.7 Å². The number of benzene rings is 3. The summed E-state index contributed by atoms with van der Waals surface area (Å²) in [4.78, 5) is 73.2. The van der Waals surface area contributed by atoms with Crippen LogP contribution in [0, 0.1) is 11.3 Å². The number of amides is 5. The summed E-state index contributed by atoms with van der Waals surface area (Å²) in [6.07, 6.45) is 5.11. The topological polar surface area (TPSA) is 174 Å². The summed E-state index contributed by atoms with van der Waals surface area (Å²) >= 11 is 0. The molecule has 0 spiro atoms. The molecule has 3 aromatic carbocycles. The van der Waals surface area contributed by atoms with Crippen molar-refractivity contribution in [1.29, 1.82) is 5.26 Å². The summed E-state index contributed by atoms with van der Waals surface area (Å²) < 4.78 is 12.3. The van der Waals surface area contributed by atoms with Crippen molar-refractivity contribution >= 4 is 46.1 Å². The van der Waals surface area contributed by atoms with E-state index in [1.807, 2.05) is 36.4 Å². The largest absolute Gasteiger partial charge is 0.492 e. The van der Waals surface area contributed by atoms with E-state index in [1.165, 1.54) is 0 Å². The molecule has 4 heterocycles. The van der Waals surface area contributed by atoms with Crippen LogP contribution in [0.3, 0.4) is 0 Å². The van der Waals surface area contributed by atoms with Gasteiger partial charge in [-0.2, -0.15) is 5.26 Å². The standard InChI is InChI=1S/C42H41N7O7/c43-25-27-5-15-36(33-2-1-17-44-38(27)33)56-31-11-6-28(7-12-31)45-39(51)26-3-9-30(10-4-26)55-23-22-47-18-20-48(21-19-47)29-8-13-32-34(24-29)42(54)49(41(32)53)35-14-16-37(50)46-40(35)52/h1-5,8-10,13,15,17,24,28,31,35H,6-7,11-12,14,16,18-23H2,(H,45,51)(H,46,50,52). The van der Waals surface area contributed by atoms with Gasteiger partial charge in [-0.3, -0.25) is 44.1 Å². The highest BCUT2D eigenvalue weighted by Gasteiger charge is 2.44. The molecule has 4 aliphatic rings. The van der Waals surface area contributed by atoms with Crippen molar-refractivity contribution in [3.63, 3.8) is 0 Å². The van der Waals surface area contributed by atoms with Gasteiger partial charge in [0.25, 0.3) is 17.7 Å². The zero-order valence-corrected chi connectivity index (χ0v) is 30.7. The van der Waals surface area contributed by atoms with E-state index in [0.717, 1.165) is 80.1 Å². The molecular weight excluding hydrogens is 715 g/mol. The van der Waals surface area contributed by atoms with Crippen LogP contribution in [0.1, 0.15) is 75.2 Å². The number of anilines is 1. The molecule has 1 saturated carbocycles. The van der Waals surface area contributed by atoms with Crippen LogP contribution < -0.4 is 25.0 Å². The number of hydrogen-bond acceptors (Lipinski definition) is 11. The number of carbonyl (C=O) groups is 5. The number of piperazine rings is 1. The quantitative estimate of drug-likeness (QED) is 0.225. The Hall–Kier alpha value is -6.33. The highest BCUT2D eigenvalue weighted by molar-refractivity contribution is 6.23. The lowest BCUT2D eigenvalue weighted by Gasteiger charge is -2.36. The lowest BCUT2D eigenvalue weighted by atomic mass is 9.92. The summed E-state index contributed by atoms with van der Waals surface area (Å²) in [7, 11) is 0. The Labute approximate surface area is 323 Å². The Bertz CT molecular complexity index is 2240. The third-order valence-electron chi connectivity index (χ3n) is 11.1. The van der Waals surface area contributed by atoms with E-state index < -0.39 is 29.7 Å².